The minimum absolute atomic E-state index is 0.0259. The van der Waals surface area contributed by atoms with Crippen LogP contribution in [0.2, 0.25) is 0 Å². The van der Waals surface area contributed by atoms with E-state index in [0.29, 0.717) is 40.1 Å². The number of carbonyl (C=O) groups is 1. The summed E-state index contributed by atoms with van der Waals surface area (Å²) < 4.78 is 8.83. The van der Waals surface area contributed by atoms with Gasteiger partial charge in [-0.25, -0.2) is 0 Å². The van der Waals surface area contributed by atoms with Crippen molar-refractivity contribution >= 4 is 33.4 Å². The minimum atomic E-state index is -0.495. The molecule has 7 rings (SSSR count). The Morgan fingerprint density at radius 1 is 1.08 bits per heavy atom. The van der Waals surface area contributed by atoms with Crippen molar-refractivity contribution in [1.29, 1.82) is 0 Å². The minimum Gasteiger partial charge on any atom is -0.618 e. The molecule has 0 aliphatic heterocycles. The molecule has 0 atom stereocenters. The Labute approximate surface area is 220 Å². The molecule has 3 aliphatic carbocycles. The summed E-state index contributed by atoms with van der Waals surface area (Å²) >= 11 is 0. The number of amides is 1. The van der Waals surface area contributed by atoms with E-state index < -0.39 is 11.5 Å². The van der Waals surface area contributed by atoms with Gasteiger partial charge < -0.3 is 20.4 Å². The first-order valence-electron chi connectivity index (χ1n) is 13.8. The number of hydrogen-bond acceptors (Lipinski definition) is 5. The molecular formula is C30H32N4O4. The summed E-state index contributed by atoms with van der Waals surface area (Å²) in [6.45, 7) is 0.592. The van der Waals surface area contributed by atoms with Gasteiger partial charge in [0.2, 0.25) is 5.52 Å². The monoisotopic (exact) mass is 512 g/mol. The van der Waals surface area contributed by atoms with Crippen LogP contribution in [0, 0.1) is 17.0 Å². The Hall–Kier alpha value is -3.65. The van der Waals surface area contributed by atoms with Crippen LogP contribution in [0.1, 0.15) is 67.9 Å². The van der Waals surface area contributed by atoms with E-state index >= 15 is 0 Å². The lowest BCUT2D eigenvalue weighted by Gasteiger charge is -2.36. The van der Waals surface area contributed by atoms with Gasteiger partial charge in [-0.1, -0.05) is 12.1 Å². The third kappa shape index (κ3) is 4.36. The largest absolute Gasteiger partial charge is 0.618 e. The van der Waals surface area contributed by atoms with E-state index in [1.807, 2.05) is 35.1 Å². The van der Waals surface area contributed by atoms with Crippen LogP contribution >= 0.6 is 0 Å². The standard InChI is InChI=1S/C30H32N4O4/c35-29(27-10-7-20-3-1-2-4-26(20)34(27)37)31-25-15-21-17-33(23-11-13-30(36,14-12-23)22-8-9-22)32-24(21)16-28(25)38-18-19-5-6-19/h1-4,7,10,15-17,19,22-23,36H,5-6,8-9,11-14,18H2,(H,31,35). The van der Waals surface area contributed by atoms with Gasteiger partial charge in [-0.2, -0.15) is 9.83 Å². The molecule has 38 heavy (non-hydrogen) atoms. The second-order valence-electron chi connectivity index (χ2n) is 11.4. The van der Waals surface area contributed by atoms with Crippen LogP contribution in [-0.4, -0.2) is 33.0 Å². The lowest BCUT2D eigenvalue weighted by Crippen LogP contribution is -2.37. The van der Waals surface area contributed by atoms with Crippen LogP contribution in [-0.2, 0) is 0 Å². The fraction of sp³-hybridized carbons (Fsp3) is 0.433. The normalized spacial score (nSPS) is 23.6. The molecule has 1 amide bonds. The van der Waals surface area contributed by atoms with Gasteiger partial charge in [-0.15, -0.1) is 0 Å². The first-order valence-corrected chi connectivity index (χ1v) is 13.8. The molecule has 2 aromatic heterocycles. The van der Waals surface area contributed by atoms with Crippen LogP contribution in [0.5, 0.6) is 5.75 Å². The SMILES string of the molecule is O=C(Nc1cc2cn(C3CCC(O)(C4CC4)CC3)nc2cc1OCC1CC1)c1ccc2ccccc2[n+]1[O-]. The van der Waals surface area contributed by atoms with E-state index in [2.05, 4.69) is 5.32 Å². The van der Waals surface area contributed by atoms with Crippen molar-refractivity contribution < 1.29 is 19.4 Å². The van der Waals surface area contributed by atoms with Gasteiger partial charge in [0.1, 0.15) is 5.75 Å². The molecule has 3 saturated carbocycles. The van der Waals surface area contributed by atoms with Crippen molar-refractivity contribution in [2.24, 2.45) is 11.8 Å². The number of benzene rings is 2. The number of nitrogens with zero attached hydrogens (tertiary/aromatic N) is 3. The van der Waals surface area contributed by atoms with Crippen molar-refractivity contribution in [3.8, 4) is 5.75 Å². The van der Waals surface area contributed by atoms with Gasteiger partial charge in [-0.05, 0) is 81.4 Å². The summed E-state index contributed by atoms with van der Waals surface area (Å²) in [6.07, 6.45) is 10.1. The predicted octanol–water partition coefficient (Wildman–Crippen LogP) is 5.12. The van der Waals surface area contributed by atoms with Gasteiger partial charge in [0.05, 0.1) is 29.5 Å². The molecule has 4 aromatic rings. The van der Waals surface area contributed by atoms with Crippen molar-refractivity contribution in [3.05, 3.63) is 65.6 Å². The second kappa shape index (κ2) is 8.98. The lowest BCUT2D eigenvalue weighted by atomic mass is 9.79. The zero-order valence-electron chi connectivity index (χ0n) is 21.3. The molecule has 2 heterocycles. The molecule has 2 aromatic carbocycles. The van der Waals surface area contributed by atoms with Gasteiger partial charge in [0.25, 0.3) is 5.69 Å². The number of pyridine rings is 1. The van der Waals surface area contributed by atoms with Gasteiger partial charge in [-0.3, -0.25) is 9.48 Å². The van der Waals surface area contributed by atoms with Gasteiger partial charge in [0, 0.05) is 35.2 Å². The summed E-state index contributed by atoms with van der Waals surface area (Å²) in [6, 6.07) is 14.6. The van der Waals surface area contributed by atoms with E-state index in [0.717, 1.165) is 67.7 Å². The summed E-state index contributed by atoms with van der Waals surface area (Å²) in [5.74, 6) is 1.10. The van der Waals surface area contributed by atoms with E-state index in [-0.39, 0.29) is 11.7 Å². The second-order valence-corrected chi connectivity index (χ2v) is 11.4. The fourth-order valence-electron chi connectivity index (χ4n) is 5.90. The Morgan fingerprint density at radius 2 is 1.87 bits per heavy atom. The molecule has 0 radical (unpaired) electrons. The quantitative estimate of drug-likeness (QED) is 0.264. The van der Waals surface area contributed by atoms with Gasteiger partial charge >= 0.3 is 5.91 Å². The number of hydrogen-bond donors (Lipinski definition) is 2. The number of para-hydroxylation sites is 1. The molecule has 0 unspecified atom stereocenters. The van der Waals surface area contributed by atoms with Gasteiger partial charge in [0.15, 0.2) is 0 Å². The number of rotatable bonds is 7. The predicted molar refractivity (Wildman–Crippen MR) is 144 cm³/mol. The zero-order chi connectivity index (χ0) is 25.9. The number of anilines is 1. The Morgan fingerprint density at radius 3 is 2.63 bits per heavy atom. The van der Waals surface area contributed by atoms with E-state index in [1.54, 1.807) is 24.3 Å². The van der Waals surface area contributed by atoms with Crippen LogP contribution in [0.15, 0.2) is 54.7 Å². The van der Waals surface area contributed by atoms with Crippen LogP contribution in [0.4, 0.5) is 5.69 Å². The third-order valence-corrected chi connectivity index (χ3v) is 8.60. The number of nitrogens with one attached hydrogen (secondary N) is 1. The van der Waals surface area contributed by atoms with Crippen molar-refractivity contribution in [1.82, 2.24) is 9.78 Å². The summed E-state index contributed by atoms with van der Waals surface area (Å²) in [7, 11) is 0. The first kappa shape index (κ1) is 23.5. The molecule has 8 nitrogen and oxygen atoms in total. The summed E-state index contributed by atoms with van der Waals surface area (Å²) in [5, 5.41) is 33.4. The molecule has 196 valence electrons. The molecule has 0 saturated heterocycles. The topological polar surface area (TPSA) is 103 Å². The third-order valence-electron chi connectivity index (χ3n) is 8.60. The smallest absolute Gasteiger partial charge is 0.321 e. The number of carbonyl (C=O) groups excluding carboxylic acids is 1. The summed E-state index contributed by atoms with van der Waals surface area (Å²) in [4.78, 5) is 13.3. The first-order chi connectivity index (χ1) is 18.5. The highest BCUT2D eigenvalue weighted by molar-refractivity contribution is 6.04. The molecule has 2 N–H and O–H groups in total. The number of fused-ring (bicyclic) bond motifs is 2. The van der Waals surface area contributed by atoms with Crippen LogP contribution in [0.25, 0.3) is 21.8 Å². The Kier molecular flexibility index (Phi) is 5.54. The number of aromatic nitrogens is 3. The van der Waals surface area contributed by atoms with Crippen molar-refractivity contribution in [3.63, 3.8) is 0 Å². The molecule has 8 heteroatoms. The number of aliphatic hydroxyl groups is 1. The van der Waals surface area contributed by atoms with E-state index in [4.69, 9.17) is 9.84 Å². The average Bonchev–Trinajstić information content (AvgIpc) is 3.85. The highest BCUT2D eigenvalue weighted by Crippen LogP contribution is 2.49. The number of ether oxygens (including phenoxy) is 1. The maximum Gasteiger partial charge on any atom is 0.321 e. The molecule has 3 aliphatic rings. The maximum absolute atomic E-state index is 13.3. The van der Waals surface area contributed by atoms with Crippen molar-refractivity contribution in [2.45, 2.75) is 63.0 Å². The molecule has 0 bridgehead atoms. The van der Waals surface area contributed by atoms with Crippen LogP contribution in [0.3, 0.4) is 0 Å². The maximum atomic E-state index is 13.3. The highest BCUT2D eigenvalue weighted by atomic mass is 16.5. The Balaban J connectivity index is 1.17. The van der Waals surface area contributed by atoms with E-state index in [9.17, 15) is 15.1 Å². The lowest BCUT2D eigenvalue weighted by molar-refractivity contribution is -0.579. The van der Waals surface area contributed by atoms with Crippen molar-refractivity contribution in [2.75, 3.05) is 11.9 Å². The fourth-order valence-corrected chi connectivity index (χ4v) is 5.90. The molecular weight excluding hydrogens is 480 g/mol. The molecule has 3 fully saturated rings. The summed E-state index contributed by atoms with van der Waals surface area (Å²) in [5.41, 5.74) is 1.32. The highest BCUT2D eigenvalue weighted by Gasteiger charge is 2.45. The zero-order valence-corrected chi connectivity index (χ0v) is 21.3. The molecule has 0 spiro atoms. The van der Waals surface area contributed by atoms with E-state index in [1.165, 1.54) is 0 Å². The Bertz CT molecular complexity index is 1530. The van der Waals surface area contributed by atoms with Crippen LogP contribution < -0.4 is 14.8 Å². The average molecular weight is 513 g/mol.